The normalized spacial score (nSPS) is 14.8. The van der Waals surface area contributed by atoms with Crippen molar-refractivity contribution < 1.29 is 18.7 Å². The highest BCUT2D eigenvalue weighted by Crippen LogP contribution is 2.35. The van der Waals surface area contributed by atoms with Crippen LogP contribution < -0.4 is 20.1 Å². The molecule has 1 amide bonds. The Labute approximate surface area is 185 Å². The molecule has 2 aromatic carbocycles. The van der Waals surface area contributed by atoms with Crippen molar-refractivity contribution in [2.75, 3.05) is 44.5 Å². The molecule has 0 unspecified atom stereocenters. The number of nitrogens with zero attached hydrogens (tertiary/aromatic N) is 3. The standard InChI is InChI=1S/C23H26FN5O3/c1-29-7-5-15(6-8-29)12-32-22-11-20-17(10-21(22)31-2)23(26-13-25-20)28-19-4-3-16(27-14-30)9-18(19)24/h3-4,9-11,13-15H,5-8,12H2,1-2H3,(H,27,30)(H,25,26,28). The summed E-state index contributed by atoms with van der Waals surface area (Å²) in [6.07, 6.45) is 4.13. The van der Waals surface area contributed by atoms with Crippen LogP contribution in [0.3, 0.4) is 0 Å². The van der Waals surface area contributed by atoms with E-state index in [2.05, 4.69) is 32.5 Å². The van der Waals surface area contributed by atoms with Crippen molar-refractivity contribution in [2.45, 2.75) is 12.8 Å². The molecule has 0 atom stereocenters. The van der Waals surface area contributed by atoms with Crippen LogP contribution in [0.25, 0.3) is 10.9 Å². The largest absolute Gasteiger partial charge is 0.493 e. The Morgan fingerprint density at radius 2 is 2.00 bits per heavy atom. The number of hydrogen-bond acceptors (Lipinski definition) is 7. The molecular weight excluding hydrogens is 413 g/mol. The van der Waals surface area contributed by atoms with E-state index in [4.69, 9.17) is 9.47 Å². The van der Waals surface area contributed by atoms with Gasteiger partial charge in [0.25, 0.3) is 0 Å². The number of benzene rings is 2. The predicted octanol–water partition coefficient (Wildman–Crippen LogP) is 3.81. The molecular formula is C23H26FN5O3. The molecule has 0 saturated carbocycles. The van der Waals surface area contributed by atoms with Gasteiger partial charge in [0.15, 0.2) is 11.5 Å². The lowest BCUT2D eigenvalue weighted by atomic mass is 9.98. The van der Waals surface area contributed by atoms with Gasteiger partial charge >= 0.3 is 0 Å². The fraction of sp³-hybridized carbons (Fsp3) is 0.348. The van der Waals surface area contributed by atoms with Crippen LogP contribution in [0.5, 0.6) is 11.5 Å². The van der Waals surface area contributed by atoms with E-state index >= 15 is 0 Å². The highest BCUT2D eigenvalue weighted by atomic mass is 19.1. The molecule has 1 aliphatic rings. The summed E-state index contributed by atoms with van der Waals surface area (Å²) in [6.45, 7) is 2.78. The number of hydrogen-bond donors (Lipinski definition) is 2. The Balaban J connectivity index is 1.57. The van der Waals surface area contributed by atoms with Crippen molar-refractivity contribution in [3.8, 4) is 11.5 Å². The van der Waals surface area contributed by atoms with E-state index in [1.165, 1.54) is 18.5 Å². The number of likely N-dealkylation sites (tertiary alicyclic amines) is 1. The molecule has 3 aromatic rings. The maximum absolute atomic E-state index is 14.5. The number of carbonyl (C=O) groups excluding carboxylic acids is 1. The van der Waals surface area contributed by atoms with Crippen LogP contribution >= 0.6 is 0 Å². The Morgan fingerprint density at radius 3 is 2.72 bits per heavy atom. The van der Waals surface area contributed by atoms with Crippen LogP contribution in [-0.4, -0.2) is 55.1 Å². The number of piperidine rings is 1. The topological polar surface area (TPSA) is 88.6 Å². The smallest absolute Gasteiger partial charge is 0.211 e. The van der Waals surface area contributed by atoms with Crippen molar-refractivity contribution in [1.29, 1.82) is 0 Å². The van der Waals surface area contributed by atoms with Gasteiger partial charge in [-0.3, -0.25) is 4.79 Å². The Kier molecular flexibility index (Phi) is 6.65. The molecule has 168 valence electrons. The molecule has 4 rings (SSSR count). The Hall–Kier alpha value is -3.46. The predicted molar refractivity (Wildman–Crippen MR) is 121 cm³/mol. The SMILES string of the molecule is COc1cc2c(Nc3ccc(NC=O)cc3F)ncnc2cc1OCC1CCN(C)CC1. The molecule has 1 aliphatic heterocycles. The lowest BCUT2D eigenvalue weighted by Crippen LogP contribution is -2.32. The molecule has 1 saturated heterocycles. The summed E-state index contributed by atoms with van der Waals surface area (Å²) in [7, 11) is 3.72. The highest BCUT2D eigenvalue weighted by molar-refractivity contribution is 5.93. The van der Waals surface area contributed by atoms with E-state index in [9.17, 15) is 9.18 Å². The minimum atomic E-state index is -0.520. The summed E-state index contributed by atoms with van der Waals surface area (Å²) in [5.74, 6) is 1.61. The number of aromatic nitrogens is 2. The average Bonchev–Trinajstić information content (AvgIpc) is 2.80. The number of amides is 1. The zero-order valence-electron chi connectivity index (χ0n) is 18.1. The van der Waals surface area contributed by atoms with E-state index in [1.807, 2.05) is 6.07 Å². The summed E-state index contributed by atoms with van der Waals surface area (Å²) in [4.78, 5) is 21.5. The number of nitrogens with one attached hydrogen (secondary N) is 2. The van der Waals surface area contributed by atoms with Crippen LogP contribution in [0.1, 0.15) is 12.8 Å². The second-order valence-electron chi connectivity index (χ2n) is 7.88. The van der Waals surface area contributed by atoms with Gasteiger partial charge < -0.3 is 25.0 Å². The first-order valence-electron chi connectivity index (χ1n) is 10.5. The van der Waals surface area contributed by atoms with E-state index in [-0.39, 0.29) is 5.69 Å². The van der Waals surface area contributed by atoms with Gasteiger partial charge in [0.05, 0.1) is 24.9 Å². The first-order valence-corrected chi connectivity index (χ1v) is 10.5. The number of anilines is 3. The van der Waals surface area contributed by atoms with Gasteiger partial charge in [-0.15, -0.1) is 0 Å². The maximum Gasteiger partial charge on any atom is 0.211 e. The number of halogens is 1. The van der Waals surface area contributed by atoms with E-state index in [0.717, 1.165) is 25.9 Å². The van der Waals surface area contributed by atoms with Crippen LogP contribution in [0, 0.1) is 11.7 Å². The third kappa shape index (κ3) is 4.88. The van der Waals surface area contributed by atoms with Crippen molar-refractivity contribution in [2.24, 2.45) is 5.92 Å². The van der Waals surface area contributed by atoms with Gasteiger partial charge in [-0.2, -0.15) is 0 Å². The average molecular weight is 439 g/mol. The van der Waals surface area contributed by atoms with E-state index in [1.54, 1.807) is 19.2 Å². The zero-order chi connectivity index (χ0) is 22.5. The molecule has 8 nitrogen and oxygen atoms in total. The number of ether oxygens (including phenoxy) is 2. The Morgan fingerprint density at radius 1 is 1.19 bits per heavy atom. The lowest BCUT2D eigenvalue weighted by molar-refractivity contribution is -0.105. The third-order valence-corrected chi connectivity index (χ3v) is 5.68. The summed E-state index contributed by atoms with van der Waals surface area (Å²) >= 11 is 0. The highest BCUT2D eigenvalue weighted by Gasteiger charge is 2.19. The number of carbonyl (C=O) groups is 1. The molecule has 9 heteroatoms. The second kappa shape index (κ2) is 9.78. The summed E-state index contributed by atoms with van der Waals surface area (Å²) in [5, 5.41) is 6.09. The van der Waals surface area contributed by atoms with Gasteiger partial charge in [0.2, 0.25) is 6.41 Å². The maximum atomic E-state index is 14.5. The van der Waals surface area contributed by atoms with Crippen LogP contribution in [0.4, 0.5) is 21.6 Å². The molecule has 0 spiro atoms. The summed E-state index contributed by atoms with van der Waals surface area (Å²) < 4.78 is 26.1. The number of methoxy groups -OCH3 is 1. The minimum absolute atomic E-state index is 0.225. The van der Waals surface area contributed by atoms with Crippen LogP contribution in [-0.2, 0) is 4.79 Å². The second-order valence-corrected chi connectivity index (χ2v) is 7.88. The Bertz CT molecular complexity index is 1100. The first kappa shape index (κ1) is 21.8. The number of fused-ring (bicyclic) bond motifs is 1. The summed E-state index contributed by atoms with van der Waals surface area (Å²) in [5.41, 5.74) is 1.24. The van der Waals surface area contributed by atoms with Crippen molar-refractivity contribution in [3.63, 3.8) is 0 Å². The fourth-order valence-corrected chi connectivity index (χ4v) is 3.77. The molecule has 0 aliphatic carbocycles. The lowest BCUT2D eigenvalue weighted by Gasteiger charge is -2.28. The van der Waals surface area contributed by atoms with E-state index < -0.39 is 5.82 Å². The molecule has 1 aromatic heterocycles. The van der Waals surface area contributed by atoms with Crippen LogP contribution in [0.15, 0.2) is 36.7 Å². The third-order valence-electron chi connectivity index (χ3n) is 5.68. The molecule has 0 bridgehead atoms. The monoisotopic (exact) mass is 439 g/mol. The van der Waals surface area contributed by atoms with Crippen LogP contribution in [0.2, 0.25) is 0 Å². The van der Waals surface area contributed by atoms with Crippen molar-refractivity contribution in [3.05, 3.63) is 42.5 Å². The van der Waals surface area contributed by atoms with Gasteiger partial charge in [-0.25, -0.2) is 14.4 Å². The van der Waals surface area contributed by atoms with Gasteiger partial charge in [-0.05, 0) is 63.2 Å². The zero-order valence-corrected chi connectivity index (χ0v) is 18.1. The van der Waals surface area contributed by atoms with Gasteiger partial charge in [0, 0.05) is 17.1 Å². The molecule has 1 fully saturated rings. The quantitative estimate of drug-likeness (QED) is 0.516. The molecule has 2 heterocycles. The van der Waals surface area contributed by atoms with Gasteiger partial charge in [0.1, 0.15) is 18.0 Å². The van der Waals surface area contributed by atoms with Crippen molar-refractivity contribution in [1.82, 2.24) is 14.9 Å². The van der Waals surface area contributed by atoms with Gasteiger partial charge in [-0.1, -0.05) is 0 Å². The summed E-state index contributed by atoms with van der Waals surface area (Å²) in [6, 6.07) is 7.98. The molecule has 0 radical (unpaired) electrons. The van der Waals surface area contributed by atoms with Crippen molar-refractivity contribution >= 4 is 34.5 Å². The minimum Gasteiger partial charge on any atom is -0.493 e. The fourth-order valence-electron chi connectivity index (χ4n) is 3.77. The number of rotatable bonds is 8. The molecule has 32 heavy (non-hydrogen) atoms. The van der Waals surface area contributed by atoms with E-state index in [0.29, 0.717) is 52.8 Å². The molecule has 2 N–H and O–H groups in total. The first-order chi connectivity index (χ1) is 15.6.